The molecule has 1 saturated carbocycles. The van der Waals surface area contributed by atoms with Crippen LogP contribution in [-0.4, -0.2) is 6.18 Å². The lowest BCUT2D eigenvalue weighted by Crippen LogP contribution is -2.18. The summed E-state index contributed by atoms with van der Waals surface area (Å²) >= 11 is 0. The average molecular weight is 200 g/mol. The molecule has 2 atom stereocenters. The molecule has 0 radical (unpaired) electrons. The Bertz CT molecular complexity index is 328. The topological polar surface area (TPSA) is 0 Å². The zero-order valence-electron chi connectivity index (χ0n) is 7.81. The highest BCUT2D eigenvalue weighted by molar-refractivity contribution is 5.33. The number of halogens is 3. The predicted molar refractivity (Wildman–Crippen MR) is 48.0 cm³/mol. The highest BCUT2D eigenvalue weighted by atomic mass is 19.4. The molecule has 0 heterocycles. The van der Waals surface area contributed by atoms with Gasteiger partial charge in [0.2, 0.25) is 0 Å². The lowest BCUT2D eigenvalue weighted by Gasteiger charge is -2.13. The van der Waals surface area contributed by atoms with Gasteiger partial charge in [0.25, 0.3) is 0 Å². The molecular weight excluding hydrogens is 189 g/mol. The van der Waals surface area contributed by atoms with E-state index < -0.39 is 17.5 Å². The van der Waals surface area contributed by atoms with Gasteiger partial charge in [-0.1, -0.05) is 37.3 Å². The number of hydrogen-bond acceptors (Lipinski definition) is 0. The fourth-order valence-electron chi connectivity index (χ4n) is 1.98. The van der Waals surface area contributed by atoms with Crippen LogP contribution in [0.25, 0.3) is 0 Å². The van der Waals surface area contributed by atoms with Crippen molar-refractivity contribution >= 4 is 0 Å². The van der Waals surface area contributed by atoms with Gasteiger partial charge in [-0.15, -0.1) is 0 Å². The van der Waals surface area contributed by atoms with Gasteiger partial charge in [-0.05, 0) is 12.0 Å². The van der Waals surface area contributed by atoms with Gasteiger partial charge >= 0.3 is 6.18 Å². The first-order valence-corrected chi connectivity index (χ1v) is 4.57. The first kappa shape index (κ1) is 9.56. The minimum Gasteiger partial charge on any atom is -0.171 e. The molecule has 1 aliphatic rings. The molecule has 76 valence electrons. The van der Waals surface area contributed by atoms with Gasteiger partial charge in [-0.25, -0.2) is 0 Å². The lowest BCUT2D eigenvalue weighted by molar-refractivity contribution is -0.152. The summed E-state index contributed by atoms with van der Waals surface area (Å²) in [6, 6.07) is 8.92. The summed E-state index contributed by atoms with van der Waals surface area (Å²) in [6.45, 7) is 1.68. The Morgan fingerprint density at radius 1 is 1.21 bits per heavy atom. The standard InChI is InChI=1S/C11H11F3/c1-10(7-9(10)11(12,13)14)8-5-3-2-4-6-8/h2-6,9H,7H2,1H3/t9-,10+/m0/s1. The fraction of sp³-hybridized carbons (Fsp3) is 0.455. The summed E-state index contributed by atoms with van der Waals surface area (Å²) < 4.78 is 37.3. The fourth-order valence-corrected chi connectivity index (χ4v) is 1.98. The number of alkyl halides is 3. The van der Waals surface area contributed by atoms with Crippen LogP contribution in [0.3, 0.4) is 0 Å². The molecule has 0 nitrogen and oxygen atoms in total. The Morgan fingerprint density at radius 3 is 2.21 bits per heavy atom. The molecule has 1 aliphatic carbocycles. The van der Waals surface area contributed by atoms with E-state index in [2.05, 4.69) is 0 Å². The van der Waals surface area contributed by atoms with E-state index in [4.69, 9.17) is 0 Å². The molecule has 0 unspecified atom stereocenters. The number of benzene rings is 1. The van der Waals surface area contributed by atoms with Gasteiger partial charge in [-0.2, -0.15) is 13.2 Å². The van der Waals surface area contributed by atoms with Crippen molar-refractivity contribution in [3.05, 3.63) is 35.9 Å². The summed E-state index contributed by atoms with van der Waals surface area (Å²) in [4.78, 5) is 0. The molecule has 1 aromatic rings. The van der Waals surface area contributed by atoms with Crippen molar-refractivity contribution in [2.24, 2.45) is 5.92 Å². The second kappa shape index (κ2) is 2.75. The summed E-state index contributed by atoms with van der Waals surface area (Å²) in [7, 11) is 0. The van der Waals surface area contributed by atoms with E-state index in [1.54, 1.807) is 31.2 Å². The van der Waals surface area contributed by atoms with Crippen LogP contribution in [0.4, 0.5) is 13.2 Å². The van der Waals surface area contributed by atoms with Crippen LogP contribution in [-0.2, 0) is 5.41 Å². The highest BCUT2D eigenvalue weighted by Gasteiger charge is 2.64. The van der Waals surface area contributed by atoms with Crippen LogP contribution in [0.15, 0.2) is 30.3 Å². The summed E-state index contributed by atoms with van der Waals surface area (Å²) in [5.74, 6) is -1.16. The molecule has 3 heteroatoms. The van der Waals surface area contributed by atoms with Crippen LogP contribution in [0.1, 0.15) is 18.9 Å². The monoisotopic (exact) mass is 200 g/mol. The first-order chi connectivity index (χ1) is 6.44. The Kier molecular flexibility index (Phi) is 1.88. The summed E-state index contributed by atoms with van der Waals surface area (Å²) in [5.41, 5.74) is 0.113. The third-order valence-corrected chi connectivity index (χ3v) is 3.07. The molecule has 14 heavy (non-hydrogen) atoms. The molecule has 1 aromatic carbocycles. The maximum atomic E-state index is 12.4. The first-order valence-electron chi connectivity index (χ1n) is 4.57. The van der Waals surface area contributed by atoms with E-state index in [0.29, 0.717) is 0 Å². The van der Waals surface area contributed by atoms with Gasteiger partial charge in [0.05, 0.1) is 5.92 Å². The van der Waals surface area contributed by atoms with Gasteiger partial charge in [0.15, 0.2) is 0 Å². The quantitative estimate of drug-likeness (QED) is 0.650. The van der Waals surface area contributed by atoms with E-state index in [1.165, 1.54) is 0 Å². The van der Waals surface area contributed by atoms with Gasteiger partial charge in [-0.3, -0.25) is 0 Å². The molecule has 0 spiro atoms. The van der Waals surface area contributed by atoms with E-state index in [0.717, 1.165) is 5.56 Å². The number of hydrogen-bond donors (Lipinski definition) is 0. The summed E-state index contributed by atoms with van der Waals surface area (Å²) in [5, 5.41) is 0. The molecular formula is C11H11F3. The highest BCUT2D eigenvalue weighted by Crippen LogP contribution is 2.60. The largest absolute Gasteiger partial charge is 0.392 e. The predicted octanol–water partition coefficient (Wildman–Crippen LogP) is 3.53. The molecule has 0 saturated heterocycles. The molecule has 0 aliphatic heterocycles. The molecule has 0 aromatic heterocycles. The molecule has 0 amide bonds. The van der Waals surface area contributed by atoms with Gasteiger partial charge < -0.3 is 0 Å². The van der Waals surface area contributed by atoms with Crippen molar-refractivity contribution in [1.29, 1.82) is 0 Å². The Hall–Kier alpha value is -0.990. The van der Waals surface area contributed by atoms with E-state index >= 15 is 0 Å². The SMILES string of the molecule is C[C@]1(c2ccccc2)C[C@@H]1C(F)(F)F. The molecule has 0 bridgehead atoms. The van der Waals surface area contributed by atoms with Crippen LogP contribution in [0.5, 0.6) is 0 Å². The number of rotatable bonds is 1. The van der Waals surface area contributed by atoms with Gasteiger partial charge in [0, 0.05) is 5.41 Å². The Labute approximate surface area is 80.7 Å². The van der Waals surface area contributed by atoms with E-state index in [-0.39, 0.29) is 6.42 Å². The average Bonchev–Trinajstić information content (AvgIpc) is 2.81. The molecule has 2 rings (SSSR count). The smallest absolute Gasteiger partial charge is 0.171 e. The Balaban J connectivity index is 2.23. The normalized spacial score (nSPS) is 31.6. The van der Waals surface area contributed by atoms with Crippen LogP contribution >= 0.6 is 0 Å². The third kappa shape index (κ3) is 1.41. The van der Waals surface area contributed by atoms with E-state index in [9.17, 15) is 13.2 Å². The van der Waals surface area contributed by atoms with E-state index in [1.807, 2.05) is 6.07 Å². The van der Waals surface area contributed by atoms with Crippen LogP contribution in [0.2, 0.25) is 0 Å². The van der Waals surface area contributed by atoms with Gasteiger partial charge in [0.1, 0.15) is 0 Å². The maximum Gasteiger partial charge on any atom is 0.392 e. The van der Waals surface area contributed by atoms with Crippen molar-refractivity contribution in [2.75, 3.05) is 0 Å². The van der Waals surface area contributed by atoms with Crippen molar-refractivity contribution < 1.29 is 13.2 Å². The third-order valence-electron chi connectivity index (χ3n) is 3.07. The Morgan fingerprint density at radius 2 is 1.79 bits per heavy atom. The zero-order valence-corrected chi connectivity index (χ0v) is 7.81. The minimum atomic E-state index is -4.05. The zero-order chi connectivity index (χ0) is 10.4. The lowest BCUT2D eigenvalue weighted by atomic mass is 9.95. The second-order valence-corrected chi connectivity index (χ2v) is 4.08. The second-order valence-electron chi connectivity index (χ2n) is 4.08. The van der Waals surface area contributed by atoms with Crippen molar-refractivity contribution in [1.82, 2.24) is 0 Å². The summed E-state index contributed by atoms with van der Waals surface area (Å²) in [6.07, 6.45) is -3.83. The maximum absolute atomic E-state index is 12.4. The van der Waals surface area contributed by atoms with Crippen LogP contribution in [0, 0.1) is 5.92 Å². The van der Waals surface area contributed by atoms with Crippen molar-refractivity contribution in [3.63, 3.8) is 0 Å². The van der Waals surface area contributed by atoms with Crippen LogP contribution < -0.4 is 0 Å². The van der Waals surface area contributed by atoms with Crippen molar-refractivity contribution in [3.8, 4) is 0 Å². The minimum absolute atomic E-state index is 0.223. The molecule has 0 N–H and O–H groups in total. The molecule has 1 fully saturated rings. The van der Waals surface area contributed by atoms with Crippen molar-refractivity contribution in [2.45, 2.75) is 24.9 Å².